The normalized spacial score (nSPS) is 17.3. The summed E-state index contributed by atoms with van der Waals surface area (Å²) in [4.78, 5) is 0. The fourth-order valence-corrected chi connectivity index (χ4v) is 2.13. The van der Waals surface area contributed by atoms with Crippen molar-refractivity contribution in [3.8, 4) is 0 Å². The van der Waals surface area contributed by atoms with Crippen LogP contribution in [0.1, 0.15) is 6.92 Å². The lowest BCUT2D eigenvalue weighted by molar-refractivity contribution is -0.771. The summed E-state index contributed by atoms with van der Waals surface area (Å²) < 4.78 is 4.30. The van der Waals surface area contributed by atoms with Crippen LogP contribution in [0.2, 0.25) is 0 Å². The second-order valence-electron chi connectivity index (χ2n) is 4.37. The number of hydrogen-bond donors (Lipinski definition) is 0. The first-order valence-corrected chi connectivity index (χ1v) is 6.26. The number of allylic oxidation sites excluding steroid dienone is 10. The highest BCUT2D eigenvalue weighted by Crippen LogP contribution is 2.20. The van der Waals surface area contributed by atoms with E-state index < -0.39 is 0 Å². The van der Waals surface area contributed by atoms with E-state index in [1.165, 1.54) is 17.2 Å². The Labute approximate surface area is 108 Å². The lowest BCUT2D eigenvalue weighted by Crippen LogP contribution is -2.41. The molecule has 0 radical (unpaired) electrons. The van der Waals surface area contributed by atoms with E-state index in [-0.39, 0.29) is 0 Å². The molecular weight excluding hydrogens is 220 g/mol. The van der Waals surface area contributed by atoms with E-state index in [0.29, 0.717) is 0 Å². The van der Waals surface area contributed by atoms with E-state index in [1.807, 2.05) is 0 Å². The first-order chi connectivity index (χ1) is 8.86. The van der Waals surface area contributed by atoms with Gasteiger partial charge in [0.1, 0.15) is 12.6 Å². The zero-order valence-electron chi connectivity index (χ0n) is 10.5. The smallest absolute Gasteiger partial charge is 0.257 e. The maximum atomic E-state index is 2.17. The lowest BCUT2D eigenvalue weighted by Gasteiger charge is -2.13. The molecule has 2 aliphatic carbocycles. The van der Waals surface area contributed by atoms with Crippen LogP contribution in [0.4, 0.5) is 0 Å². The Morgan fingerprint density at radius 3 is 2.33 bits per heavy atom. The van der Waals surface area contributed by atoms with Gasteiger partial charge in [-0.15, -0.1) is 12.2 Å². The summed E-state index contributed by atoms with van der Waals surface area (Å²) in [5.41, 5.74) is 2.54. The summed E-state index contributed by atoms with van der Waals surface area (Å²) >= 11 is 0. The summed E-state index contributed by atoms with van der Waals surface area (Å²) in [6, 6.07) is 1.19. The van der Waals surface area contributed by atoms with Crippen LogP contribution in [0.25, 0.3) is 0 Å². The maximum Gasteiger partial charge on any atom is 0.257 e. The van der Waals surface area contributed by atoms with Gasteiger partial charge < -0.3 is 4.57 Å². The van der Waals surface area contributed by atoms with Crippen LogP contribution in [0.5, 0.6) is 0 Å². The topological polar surface area (TPSA) is 7.76 Å². The fourth-order valence-electron chi connectivity index (χ4n) is 2.13. The van der Waals surface area contributed by atoms with Gasteiger partial charge in [0, 0.05) is 0 Å². The third-order valence-corrected chi connectivity index (χ3v) is 3.22. The minimum Gasteiger partial charge on any atom is -0.310 e. The summed E-state index contributed by atoms with van der Waals surface area (Å²) in [5.74, 6) is 0. The van der Waals surface area contributed by atoms with Crippen LogP contribution in [-0.2, 0) is 6.54 Å². The molecule has 18 heavy (non-hydrogen) atoms. The number of rotatable bonds is 2. The Balaban J connectivity index is 1.82. The molecular formula is C16H16N2. The van der Waals surface area contributed by atoms with Gasteiger partial charge in [0.2, 0.25) is 0 Å². The van der Waals surface area contributed by atoms with Gasteiger partial charge in [0.05, 0.1) is 12.4 Å². The monoisotopic (exact) mass is 236 g/mol. The second kappa shape index (κ2) is 4.57. The van der Waals surface area contributed by atoms with Gasteiger partial charge in [-0.2, -0.15) is 0 Å². The molecule has 1 aromatic rings. The predicted octanol–water partition coefficient (Wildman–Crippen LogP) is 1.93. The largest absolute Gasteiger partial charge is 0.310 e. The highest BCUT2D eigenvalue weighted by atomic mass is 15.1. The third-order valence-electron chi connectivity index (χ3n) is 3.22. The van der Waals surface area contributed by atoms with Crippen molar-refractivity contribution in [3.63, 3.8) is 0 Å². The summed E-state index contributed by atoms with van der Waals surface area (Å²) in [5, 5.41) is 0. The Kier molecular flexibility index (Phi) is 2.77. The first kappa shape index (κ1) is 10.9. The maximum absolute atomic E-state index is 2.17. The summed E-state index contributed by atoms with van der Waals surface area (Å²) in [6.45, 7) is 3.14. The van der Waals surface area contributed by atoms with Crippen molar-refractivity contribution < 1.29 is 9.13 Å². The van der Waals surface area contributed by atoms with Crippen LogP contribution in [0, 0.1) is 6.04 Å². The van der Waals surface area contributed by atoms with Gasteiger partial charge in [-0.1, -0.05) is 42.0 Å². The van der Waals surface area contributed by atoms with E-state index in [0.717, 1.165) is 6.54 Å². The molecule has 0 atom stereocenters. The molecule has 0 saturated carbocycles. The molecule has 0 N–H and O–H groups in total. The molecule has 3 rings (SSSR count). The van der Waals surface area contributed by atoms with Crippen molar-refractivity contribution in [1.29, 1.82) is 0 Å². The zero-order valence-corrected chi connectivity index (χ0v) is 10.5. The van der Waals surface area contributed by atoms with Crippen molar-refractivity contribution in [1.82, 2.24) is 0 Å². The van der Waals surface area contributed by atoms with Gasteiger partial charge >= 0.3 is 0 Å². The molecule has 0 unspecified atom stereocenters. The van der Waals surface area contributed by atoms with E-state index in [4.69, 9.17) is 0 Å². The average Bonchev–Trinajstić information content (AvgIpc) is 3.10. The predicted molar refractivity (Wildman–Crippen MR) is 70.3 cm³/mol. The molecule has 2 nitrogen and oxygen atoms in total. The van der Waals surface area contributed by atoms with Crippen LogP contribution < -0.4 is 9.13 Å². The van der Waals surface area contributed by atoms with Crippen LogP contribution in [-0.4, -0.2) is 0 Å². The second-order valence-corrected chi connectivity index (χ2v) is 4.37. The minimum atomic E-state index is 0.999. The Morgan fingerprint density at radius 2 is 1.72 bits per heavy atom. The summed E-state index contributed by atoms with van der Waals surface area (Å²) in [7, 11) is 0. The average molecular weight is 236 g/mol. The van der Waals surface area contributed by atoms with Gasteiger partial charge in [-0.25, -0.2) is 0 Å². The van der Waals surface area contributed by atoms with E-state index in [1.54, 1.807) is 0 Å². The Hall–Kier alpha value is -2.22. The summed E-state index contributed by atoms with van der Waals surface area (Å²) in [6.07, 6.45) is 23.3. The minimum absolute atomic E-state index is 0.999. The van der Waals surface area contributed by atoms with Crippen LogP contribution in [0.3, 0.4) is 0 Å². The van der Waals surface area contributed by atoms with E-state index in [2.05, 4.69) is 83.4 Å². The Bertz CT molecular complexity index is 564. The van der Waals surface area contributed by atoms with Crippen LogP contribution >= 0.6 is 0 Å². The highest BCUT2D eigenvalue weighted by molar-refractivity contribution is 5.53. The molecule has 0 amide bonds. The molecule has 0 aromatic carbocycles. The number of aromatic nitrogens is 2. The van der Waals surface area contributed by atoms with Crippen molar-refractivity contribution in [2.24, 2.45) is 0 Å². The van der Waals surface area contributed by atoms with Crippen LogP contribution in [0.15, 0.2) is 78.5 Å². The van der Waals surface area contributed by atoms with Gasteiger partial charge in [-0.3, -0.25) is 4.57 Å². The van der Waals surface area contributed by atoms with Gasteiger partial charge in [0.15, 0.2) is 0 Å². The van der Waals surface area contributed by atoms with Crippen molar-refractivity contribution >= 4 is 0 Å². The molecule has 0 fully saturated rings. The fraction of sp³-hybridized carbons (Fsp3) is 0.125. The Morgan fingerprint density at radius 1 is 1.06 bits per heavy atom. The number of hydrogen-bond acceptors (Lipinski definition) is 0. The lowest BCUT2D eigenvalue weighted by atomic mass is 10.0. The van der Waals surface area contributed by atoms with E-state index in [9.17, 15) is 0 Å². The number of imidazole rings is 1. The highest BCUT2D eigenvalue weighted by Gasteiger charge is 2.10. The molecule has 0 bridgehead atoms. The standard InChI is InChI=1S/C16H16N2/c1-2-17-11-12-18(13-17)16-9-7-15(8-10-16)14-5-3-4-6-14/h3-13H,2H2,1H3. The molecule has 2 heteroatoms. The molecule has 0 saturated heterocycles. The molecule has 2 aliphatic rings. The van der Waals surface area contributed by atoms with E-state index >= 15 is 0 Å². The molecule has 0 spiro atoms. The molecule has 1 aromatic heterocycles. The third kappa shape index (κ3) is 1.97. The molecule has 0 aliphatic heterocycles. The zero-order chi connectivity index (χ0) is 12.4. The molecule has 90 valence electrons. The van der Waals surface area contributed by atoms with Crippen molar-refractivity contribution in [3.05, 3.63) is 84.5 Å². The first-order valence-electron chi connectivity index (χ1n) is 6.26. The van der Waals surface area contributed by atoms with Gasteiger partial charge in [-0.05, 0) is 12.5 Å². The molecule has 1 heterocycles. The van der Waals surface area contributed by atoms with Crippen molar-refractivity contribution in [2.75, 3.05) is 0 Å². The van der Waals surface area contributed by atoms with Gasteiger partial charge in [0.25, 0.3) is 6.33 Å². The SMILES string of the molecule is CC[n+]1c[n+]([C-]2C=CC(=C3C=CC=C3)C=C2)c[cH-]1. The number of aryl methyl sites for hydroxylation is 1. The quantitative estimate of drug-likeness (QED) is 0.547. The van der Waals surface area contributed by atoms with Crippen molar-refractivity contribution in [2.45, 2.75) is 13.5 Å². The number of nitrogens with zero attached hydrogens (tertiary/aromatic N) is 2.